The second kappa shape index (κ2) is 6.51. The minimum Gasteiger partial charge on any atom is -0.378 e. The highest BCUT2D eigenvalue weighted by atomic mass is 32.2. The second-order valence-electron chi connectivity index (χ2n) is 5.29. The lowest BCUT2D eigenvalue weighted by molar-refractivity contribution is 0.122. The third-order valence-electron chi connectivity index (χ3n) is 3.52. The van der Waals surface area contributed by atoms with Gasteiger partial charge in [0.25, 0.3) is 10.0 Å². The number of benzene rings is 1. The summed E-state index contributed by atoms with van der Waals surface area (Å²) in [6, 6.07) is 6.65. The Hall–Kier alpha value is -2.19. The monoisotopic (exact) mass is 334 g/mol. The normalized spacial score (nSPS) is 15.4. The quantitative estimate of drug-likeness (QED) is 0.910. The van der Waals surface area contributed by atoms with E-state index in [4.69, 9.17) is 4.74 Å². The Labute approximate surface area is 135 Å². The van der Waals surface area contributed by atoms with Crippen molar-refractivity contribution in [3.05, 3.63) is 42.2 Å². The second-order valence-corrected chi connectivity index (χ2v) is 6.97. The van der Waals surface area contributed by atoms with Gasteiger partial charge in [0.1, 0.15) is 0 Å². The van der Waals surface area contributed by atoms with Gasteiger partial charge in [-0.25, -0.2) is 18.4 Å². The first-order chi connectivity index (χ1) is 11.0. The summed E-state index contributed by atoms with van der Waals surface area (Å²) in [7, 11) is -3.63. The van der Waals surface area contributed by atoms with Crippen LogP contribution in [0.15, 0.2) is 41.6 Å². The average Bonchev–Trinajstić information content (AvgIpc) is 2.56. The summed E-state index contributed by atoms with van der Waals surface area (Å²) < 4.78 is 32.4. The molecule has 2 heterocycles. The number of aryl methyl sites for hydroxylation is 1. The van der Waals surface area contributed by atoms with Crippen molar-refractivity contribution in [1.29, 1.82) is 0 Å². The number of ether oxygens (including phenoxy) is 1. The van der Waals surface area contributed by atoms with E-state index >= 15 is 0 Å². The van der Waals surface area contributed by atoms with Gasteiger partial charge in [-0.2, -0.15) is 0 Å². The molecule has 1 aliphatic rings. The van der Waals surface area contributed by atoms with Crippen molar-refractivity contribution in [1.82, 2.24) is 9.97 Å². The summed E-state index contributed by atoms with van der Waals surface area (Å²) in [4.78, 5) is 10.7. The molecule has 2 aromatic rings. The van der Waals surface area contributed by atoms with Crippen LogP contribution in [0.5, 0.6) is 0 Å². The molecule has 8 heteroatoms. The Balaban J connectivity index is 1.73. The number of hydrogen-bond donors (Lipinski definition) is 1. The molecular formula is C15H18N4O3S. The van der Waals surface area contributed by atoms with E-state index in [1.54, 1.807) is 24.3 Å². The molecule has 0 spiro atoms. The maximum absolute atomic E-state index is 12.3. The fraction of sp³-hybridized carbons (Fsp3) is 0.333. The van der Waals surface area contributed by atoms with E-state index in [1.165, 1.54) is 12.4 Å². The molecule has 1 N–H and O–H groups in total. The average molecular weight is 334 g/mol. The highest BCUT2D eigenvalue weighted by molar-refractivity contribution is 7.92. The van der Waals surface area contributed by atoms with Crippen molar-refractivity contribution in [3.8, 4) is 0 Å². The molecule has 23 heavy (non-hydrogen) atoms. The number of nitrogens with zero attached hydrogens (tertiary/aromatic N) is 3. The number of morpholine rings is 1. The summed E-state index contributed by atoms with van der Waals surface area (Å²) in [5.74, 6) is 0.576. The lowest BCUT2D eigenvalue weighted by Crippen LogP contribution is -2.37. The van der Waals surface area contributed by atoms with Gasteiger partial charge < -0.3 is 9.64 Å². The van der Waals surface area contributed by atoms with E-state index < -0.39 is 10.0 Å². The van der Waals surface area contributed by atoms with Gasteiger partial charge in [-0.3, -0.25) is 4.72 Å². The van der Waals surface area contributed by atoms with Crippen LogP contribution in [0.3, 0.4) is 0 Å². The van der Waals surface area contributed by atoms with Gasteiger partial charge in [0.15, 0.2) is 0 Å². The first-order valence-electron chi connectivity index (χ1n) is 7.29. The summed E-state index contributed by atoms with van der Waals surface area (Å²) in [6.07, 6.45) is 2.95. The molecule has 0 bridgehead atoms. The Kier molecular flexibility index (Phi) is 4.44. The molecule has 0 unspecified atom stereocenters. The molecule has 122 valence electrons. The van der Waals surface area contributed by atoms with Crippen molar-refractivity contribution in [3.63, 3.8) is 0 Å². The van der Waals surface area contributed by atoms with Gasteiger partial charge in [-0.15, -0.1) is 0 Å². The maximum Gasteiger partial charge on any atom is 0.261 e. The minimum atomic E-state index is -3.63. The molecule has 0 atom stereocenters. The Morgan fingerprint density at radius 1 is 1.09 bits per heavy atom. The van der Waals surface area contributed by atoms with Crippen molar-refractivity contribution in [2.45, 2.75) is 11.8 Å². The van der Waals surface area contributed by atoms with Crippen LogP contribution in [0, 0.1) is 6.92 Å². The molecule has 7 nitrogen and oxygen atoms in total. The molecule has 0 radical (unpaired) electrons. The number of anilines is 2. The molecular weight excluding hydrogens is 316 g/mol. The highest BCUT2D eigenvalue weighted by Crippen LogP contribution is 2.17. The van der Waals surface area contributed by atoms with Crippen molar-refractivity contribution in [2.24, 2.45) is 0 Å². The Morgan fingerprint density at radius 3 is 2.30 bits per heavy atom. The van der Waals surface area contributed by atoms with Crippen molar-refractivity contribution >= 4 is 21.7 Å². The van der Waals surface area contributed by atoms with Crippen molar-refractivity contribution in [2.75, 3.05) is 35.9 Å². The number of sulfonamides is 1. The van der Waals surface area contributed by atoms with Crippen LogP contribution in [0.2, 0.25) is 0 Å². The van der Waals surface area contributed by atoms with Crippen LogP contribution in [0.25, 0.3) is 0 Å². The van der Waals surface area contributed by atoms with Gasteiger partial charge in [0.2, 0.25) is 5.95 Å². The Bertz CT molecular complexity index is 754. The molecule has 1 aromatic carbocycles. The molecule has 0 aliphatic carbocycles. The zero-order chi connectivity index (χ0) is 16.3. The standard InChI is InChI=1S/C15H18N4O3S/c1-12-2-4-14(5-3-12)23(20,21)18-13-10-16-15(17-11-13)19-6-8-22-9-7-19/h2-5,10-11,18H,6-9H2,1H3. The molecule has 1 fully saturated rings. The van der Waals surface area contributed by atoms with Gasteiger partial charge in [-0.05, 0) is 19.1 Å². The smallest absolute Gasteiger partial charge is 0.261 e. The van der Waals surface area contributed by atoms with E-state index in [2.05, 4.69) is 14.7 Å². The van der Waals surface area contributed by atoms with Crippen LogP contribution >= 0.6 is 0 Å². The number of aromatic nitrogens is 2. The third kappa shape index (κ3) is 3.77. The molecule has 0 saturated carbocycles. The highest BCUT2D eigenvalue weighted by Gasteiger charge is 2.16. The minimum absolute atomic E-state index is 0.209. The van der Waals surface area contributed by atoms with Gasteiger partial charge >= 0.3 is 0 Å². The largest absolute Gasteiger partial charge is 0.378 e. The summed E-state index contributed by atoms with van der Waals surface area (Å²) in [5, 5.41) is 0. The van der Waals surface area contributed by atoms with E-state index in [9.17, 15) is 8.42 Å². The molecule has 0 amide bonds. The van der Waals surface area contributed by atoms with Crippen LogP contribution in [-0.4, -0.2) is 44.7 Å². The van der Waals surface area contributed by atoms with E-state index in [-0.39, 0.29) is 4.90 Å². The van der Waals surface area contributed by atoms with E-state index in [1.807, 2.05) is 11.8 Å². The third-order valence-corrected chi connectivity index (χ3v) is 4.91. The number of nitrogens with one attached hydrogen (secondary N) is 1. The predicted molar refractivity (Wildman–Crippen MR) is 87.1 cm³/mol. The fourth-order valence-electron chi connectivity index (χ4n) is 2.23. The molecule has 3 rings (SSSR count). The van der Waals surface area contributed by atoms with E-state index in [0.29, 0.717) is 24.8 Å². The summed E-state index contributed by atoms with van der Waals surface area (Å²) in [6.45, 7) is 4.65. The molecule has 1 saturated heterocycles. The van der Waals surface area contributed by atoms with Gasteiger partial charge in [0, 0.05) is 13.1 Å². The van der Waals surface area contributed by atoms with E-state index in [0.717, 1.165) is 18.7 Å². The first-order valence-corrected chi connectivity index (χ1v) is 8.77. The maximum atomic E-state index is 12.3. The SMILES string of the molecule is Cc1ccc(S(=O)(=O)Nc2cnc(N3CCOCC3)nc2)cc1. The predicted octanol–water partition coefficient (Wildman–Crippen LogP) is 1.42. The fourth-order valence-corrected chi connectivity index (χ4v) is 3.26. The van der Waals surface area contributed by atoms with Crippen molar-refractivity contribution < 1.29 is 13.2 Å². The zero-order valence-corrected chi connectivity index (χ0v) is 13.6. The molecule has 1 aliphatic heterocycles. The van der Waals surface area contributed by atoms with Gasteiger partial charge in [0.05, 0.1) is 36.2 Å². The zero-order valence-electron chi connectivity index (χ0n) is 12.8. The summed E-state index contributed by atoms with van der Waals surface area (Å²) in [5.41, 5.74) is 1.34. The number of rotatable bonds is 4. The lowest BCUT2D eigenvalue weighted by atomic mass is 10.2. The lowest BCUT2D eigenvalue weighted by Gasteiger charge is -2.26. The van der Waals surface area contributed by atoms with Crippen LogP contribution in [0.1, 0.15) is 5.56 Å². The number of hydrogen-bond acceptors (Lipinski definition) is 6. The van der Waals surface area contributed by atoms with Crippen LogP contribution in [0.4, 0.5) is 11.6 Å². The summed E-state index contributed by atoms with van der Waals surface area (Å²) >= 11 is 0. The van der Waals surface area contributed by atoms with Crippen LogP contribution in [-0.2, 0) is 14.8 Å². The van der Waals surface area contributed by atoms with Crippen LogP contribution < -0.4 is 9.62 Å². The van der Waals surface area contributed by atoms with Gasteiger partial charge in [-0.1, -0.05) is 17.7 Å². The topological polar surface area (TPSA) is 84.4 Å². The first kappa shape index (κ1) is 15.7. The Morgan fingerprint density at radius 2 is 1.70 bits per heavy atom. The molecule has 1 aromatic heterocycles.